The van der Waals surface area contributed by atoms with Gasteiger partial charge in [0.25, 0.3) is 5.92 Å². The van der Waals surface area contributed by atoms with Crippen LogP contribution in [-0.4, -0.2) is 53.4 Å². The lowest BCUT2D eigenvalue weighted by Gasteiger charge is -2.40. The van der Waals surface area contributed by atoms with Crippen LogP contribution in [0.4, 0.5) is 8.78 Å². The number of Topliss-reactive ketones (excluding diaryl/α,β-unsaturated/α-hetero) is 1. The molecule has 1 N–H and O–H groups in total. The molecule has 1 aromatic heterocycles. The Morgan fingerprint density at radius 1 is 1.03 bits per heavy atom. The van der Waals surface area contributed by atoms with E-state index in [4.69, 9.17) is 16.3 Å². The van der Waals surface area contributed by atoms with E-state index in [-0.39, 0.29) is 37.8 Å². The van der Waals surface area contributed by atoms with Crippen molar-refractivity contribution in [2.75, 3.05) is 26.2 Å². The van der Waals surface area contributed by atoms with Crippen molar-refractivity contribution in [2.24, 2.45) is 5.92 Å². The Labute approximate surface area is 220 Å². The van der Waals surface area contributed by atoms with Crippen LogP contribution in [0.5, 0.6) is 5.75 Å². The van der Waals surface area contributed by atoms with E-state index in [0.717, 1.165) is 49.1 Å². The molecule has 2 fully saturated rings. The van der Waals surface area contributed by atoms with E-state index in [0.29, 0.717) is 28.7 Å². The predicted molar refractivity (Wildman–Crippen MR) is 141 cm³/mol. The van der Waals surface area contributed by atoms with Crippen molar-refractivity contribution >= 4 is 28.3 Å². The molecule has 0 bridgehead atoms. The van der Waals surface area contributed by atoms with Crippen molar-refractivity contribution in [1.82, 2.24) is 14.8 Å². The predicted octanol–water partition coefficient (Wildman–Crippen LogP) is 6.10. The highest BCUT2D eigenvalue weighted by molar-refractivity contribution is 6.30. The molecule has 37 heavy (non-hydrogen) atoms. The molecule has 2 atom stereocenters. The SMILES string of the molecule is O=C1c2c(n(CC3CCNCC3)c3ccccc23)[C@H](Oc2ccc(Cl)cc2)CC1N1CCC(F)(F)CC1. The number of hydrogen-bond acceptors (Lipinski definition) is 4. The van der Waals surface area contributed by atoms with Crippen molar-refractivity contribution in [3.63, 3.8) is 0 Å². The van der Waals surface area contributed by atoms with Crippen LogP contribution in [0.2, 0.25) is 5.02 Å². The van der Waals surface area contributed by atoms with Gasteiger partial charge in [-0.2, -0.15) is 0 Å². The van der Waals surface area contributed by atoms with E-state index in [1.54, 1.807) is 12.1 Å². The lowest BCUT2D eigenvalue weighted by Crippen LogP contribution is -2.51. The summed E-state index contributed by atoms with van der Waals surface area (Å²) in [6, 6.07) is 14.8. The van der Waals surface area contributed by atoms with Gasteiger partial charge in [0.2, 0.25) is 0 Å². The molecule has 0 saturated carbocycles. The highest BCUT2D eigenvalue weighted by Crippen LogP contribution is 2.43. The van der Waals surface area contributed by atoms with Crippen molar-refractivity contribution in [2.45, 2.75) is 56.7 Å². The van der Waals surface area contributed by atoms with Crippen molar-refractivity contribution < 1.29 is 18.3 Å². The van der Waals surface area contributed by atoms with Gasteiger partial charge in [0, 0.05) is 54.8 Å². The number of benzene rings is 2. The van der Waals surface area contributed by atoms with E-state index in [1.165, 1.54) is 0 Å². The topological polar surface area (TPSA) is 46.5 Å². The highest BCUT2D eigenvalue weighted by atomic mass is 35.5. The number of carbonyl (C=O) groups is 1. The van der Waals surface area contributed by atoms with Crippen molar-refractivity contribution in [3.8, 4) is 5.75 Å². The summed E-state index contributed by atoms with van der Waals surface area (Å²) in [6.45, 7) is 3.24. The minimum Gasteiger partial charge on any atom is -0.484 e. The fraction of sp³-hybridized carbons (Fsp3) is 0.483. The second-order valence-corrected chi connectivity index (χ2v) is 11.1. The van der Waals surface area contributed by atoms with Crippen LogP contribution in [0.25, 0.3) is 10.9 Å². The van der Waals surface area contributed by atoms with Gasteiger partial charge in [-0.1, -0.05) is 29.8 Å². The first kappa shape index (κ1) is 24.8. The number of para-hydroxylation sites is 1. The number of rotatable bonds is 5. The zero-order valence-electron chi connectivity index (χ0n) is 20.8. The number of ether oxygens (including phenoxy) is 1. The third-order valence-electron chi connectivity index (χ3n) is 8.26. The Hall–Kier alpha value is -2.48. The number of aromatic nitrogens is 1. The summed E-state index contributed by atoms with van der Waals surface area (Å²) in [6.07, 6.45) is 1.79. The van der Waals surface area contributed by atoms with Gasteiger partial charge in [0.15, 0.2) is 5.78 Å². The van der Waals surface area contributed by atoms with Gasteiger partial charge in [-0.15, -0.1) is 0 Å². The molecule has 3 aliphatic rings. The lowest BCUT2D eigenvalue weighted by molar-refractivity contribution is -0.0636. The monoisotopic (exact) mass is 527 g/mol. The molecule has 6 rings (SSSR count). The molecule has 8 heteroatoms. The number of fused-ring (bicyclic) bond motifs is 3. The average molecular weight is 528 g/mol. The van der Waals surface area contributed by atoms with E-state index in [9.17, 15) is 13.6 Å². The Morgan fingerprint density at radius 2 is 1.73 bits per heavy atom. The summed E-state index contributed by atoms with van der Waals surface area (Å²) in [4.78, 5) is 16.1. The molecule has 196 valence electrons. The number of ketones is 1. The van der Waals surface area contributed by atoms with Crippen LogP contribution in [-0.2, 0) is 6.54 Å². The molecular formula is C29H32ClF2N3O2. The molecule has 3 heterocycles. The Kier molecular flexibility index (Phi) is 6.72. The Bertz CT molecular complexity index is 1280. The van der Waals surface area contributed by atoms with Crippen LogP contribution in [0.15, 0.2) is 48.5 Å². The number of halogens is 3. The Morgan fingerprint density at radius 3 is 2.46 bits per heavy atom. The summed E-state index contributed by atoms with van der Waals surface area (Å²) >= 11 is 6.11. The molecule has 1 aliphatic carbocycles. The fourth-order valence-electron chi connectivity index (χ4n) is 6.28. The van der Waals surface area contributed by atoms with Gasteiger partial charge in [0.05, 0.1) is 17.3 Å². The van der Waals surface area contributed by atoms with Gasteiger partial charge in [-0.25, -0.2) is 8.78 Å². The minimum atomic E-state index is -2.66. The van der Waals surface area contributed by atoms with E-state index < -0.39 is 12.0 Å². The zero-order valence-corrected chi connectivity index (χ0v) is 21.5. The number of carbonyl (C=O) groups excluding carboxylic acids is 1. The average Bonchev–Trinajstić information content (AvgIpc) is 3.23. The van der Waals surface area contributed by atoms with Crippen LogP contribution in [0.1, 0.15) is 54.3 Å². The minimum absolute atomic E-state index is 0.0245. The largest absolute Gasteiger partial charge is 0.484 e. The smallest absolute Gasteiger partial charge is 0.250 e. The van der Waals surface area contributed by atoms with Gasteiger partial charge in [-0.05, 0) is 62.2 Å². The first-order chi connectivity index (χ1) is 17.9. The standard InChI is InChI=1S/C29H32ClF2N3O2/c30-20-5-7-21(8-6-20)37-25-17-24(34-15-11-29(31,32)12-16-34)28(36)26-22-3-1-2-4-23(22)35(27(25)26)18-19-9-13-33-14-10-19/h1-8,19,24-25,33H,9-18H2/t24?,25-/m1/s1. The number of likely N-dealkylation sites (tertiary alicyclic amines) is 1. The van der Waals surface area contributed by atoms with Gasteiger partial charge in [0.1, 0.15) is 11.9 Å². The maximum Gasteiger partial charge on any atom is 0.250 e. The fourth-order valence-corrected chi connectivity index (χ4v) is 6.41. The van der Waals surface area contributed by atoms with Gasteiger partial charge in [-0.3, -0.25) is 9.69 Å². The molecule has 5 nitrogen and oxygen atoms in total. The molecule has 3 aromatic rings. The number of piperidine rings is 2. The summed E-state index contributed by atoms with van der Waals surface area (Å²) < 4.78 is 36.8. The molecule has 0 amide bonds. The summed E-state index contributed by atoms with van der Waals surface area (Å²) in [5.41, 5.74) is 2.64. The third kappa shape index (κ3) is 4.89. The van der Waals surface area contributed by atoms with Crippen LogP contribution in [0.3, 0.4) is 0 Å². The van der Waals surface area contributed by atoms with Crippen molar-refractivity contribution in [1.29, 1.82) is 0 Å². The zero-order chi connectivity index (χ0) is 25.6. The molecule has 2 aliphatic heterocycles. The van der Waals surface area contributed by atoms with Crippen molar-refractivity contribution in [3.05, 3.63) is 64.8 Å². The molecule has 0 spiro atoms. The Balaban J connectivity index is 1.43. The van der Waals surface area contributed by atoms with Crippen LogP contribution < -0.4 is 10.1 Å². The van der Waals surface area contributed by atoms with Gasteiger partial charge < -0.3 is 14.6 Å². The molecule has 0 radical (unpaired) electrons. The highest BCUT2D eigenvalue weighted by Gasteiger charge is 2.45. The molecular weight excluding hydrogens is 496 g/mol. The van der Waals surface area contributed by atoms with E-state index in [2.05, 4.69) is 16.0 Å². The third-order valence-corrected chi connectivity index (χ3v) is 8.52. The number of hydrogen-bond donors (Lipinski definition) is 1. The van der Waals surface area contributed by atoms with Crippen LogP contribution in [0, 0.1) is 5.92 Å². The van der Waals surface area contributed by atoms with E-state index in [1.807, 2.05) is 35.2 Å². The second kappa shape index (κ2) is 10.0. The summed E-state index contributed by atoms with van der Waals surface area (Å²) in [5.74, 6) is -1.45. The number of alkyl halides is 2. The summed E-state index contributed by atoms with van der Waals surface area (Å²) in [5, 5.41) is 4.99. The molecule has 1 unspecified atom stereocenters. The first-order valence-corrected chi connectivity index (χ1v) is 13.7. The lowest BCUT2D eigenvalue weighted by atomic mass is 9.85. The summed E-state index contributed by atoms with van der Waals surface area (Å²) in [7, 11) is 0. The van der Waals surface area contributed by atoms with Gasteiger partial charge >= 0.3 is 0 Å². The maximum absolute atomic E-state index is 14.1. The second-order valence-electron chi connectivity index (χ2n) is 10.6. The first-order valence-electron chi connectivity index (χ1n) is 13.3. The normalized spacial score (nSPS) is 24.8. The maximum atomic E-state index is 14.1. The number of nitrogens with one attached hydrogen (secondary N) is 1. The van der Waals surface area contributed by atoms with E-state index >= 15 is 0 Å². The quantitative estimate of drug-likeness (QED) is 0.435. The van der Waals surface area contributed by atoms with Crippen LogP contribution >= 0.6 is 11.6 Å². The number of nitrogens with zero attached hydrogens (tertiary/aromatic N) is 2. The molecule has 2 aromatic carbocycles. The molecule has 2 saturated heterocycles.